The third-order valence-corrected chi connectivity index (χ3v) is 6.57. The molecule has 4 rings (SSSR count). The van der Waals surface area contributed by atoms with Crippen molar-refractivity contribution in [3.63, 3.8) is 0 Å². The molecule has 0 bridgehead atoms. The van der Waals surface area contributed by atoms with Crippen molar-refractivity contribution < 1.29 is 8.42 Å². The van der Waals surface area contributed by atoms with Crippen LogP contribution in [0.4, 0.5) is 0 Å². The molecule has 2 saturated heterocycles. The molecule has 3 heterocycles. The lowest BCUT2D eigenvalue weighted by molar-refractivity contribution is 0.357. The lowest BCUT2D eigenvalue weighted by atomic mass is 10.2. The smallest absolute Gasteiger partial charge is 0.169 e. The third-order valence-electron chi connectivity index (χ3n) is 4.50. The Morgan fingerprint density at radius 1 is 1.27 bits per heavy atom. The van der Waals surface area contributed by atoms with E-state index in [0.29, 0.717) is 5.11 Å². The highest BCUT2D eigenvalue weighted by Crippen LogP contribution is 2.25. The van der Waals surface area contributed by atoms with E-state index in [4.69, 9.17) is 12.2 Å². The van der Waals surface area contributed by atoms with Gasteiger partial charge in [-0.05, 0) is 29.7 Å². The summed E-state index contributed by atoms with van der Waals surface area (Å²) < 4.78 is 23.5. The molecule has 2 atom stereocenters. The first kappa shape index (κ1) is 14.0. The molecule has 1 aromatic carbocycles. The van der Waals surface area contributed by atoms with E-state index >= 15 is 0 Å². The van der Waals surface area contributed by atoms with Gasteiger partial charge in [0.25, 0.3) is 0 Å². The Balaban J connectivity index is 1.50. The molecule has 22 heavy (non-hydrogen) atoms. The highest BCUT2D eigenvalue weighted by molar-refractivity contribution is 7.91. The molecular weight excluding hydrogens is 318 g/mol. The first-order valence-corrected chi connectivity index (χ1v) is 9.59. The zero-order chi connectivity index (χ0) is 15.3. The van der Waals surface area contributed by atoms with Gasteiger partial charge in [0.1, 0.15) is 0 Å². The van der Waals surface area contributed by atoms with E-state index in [-0.39, 0.29) is 23.6 Å². The number of thiocarbonyl (C=S) groups is 1. The lowest BCUT2D eigenvalue weighted by Crippen LogP contribution is -2.38. The molecule has 0 saturated carbocycles. The molecule has 5 nitrogen and oxygen atoms in total. The predicted molar refractivity (Wildman–Crippen MR) is 90.7 cm³/mol. The minimum absolute atomic E-state index is 0.0121. The number of hydrogen-bond acceptors (Lipinski definition) is 3. The van der Waals surface area contributed by atoms with Crippen molar-refractivity contribution in [1.82, 2.24) is 15.2 Å². The van der Waals surface area contributed by atoms with E-state index < -0.39 is 9.84 Å². The van der Waals surface area contributed by atoms with Crippen LogP contribution in [-0.4, -0.2) is 53.5 Å². The van der Waals surface area contributed by atoms with Gasteiger partial charge in [-0.2, -0.15) is 0 Å². The largest absolute Gasteiger partial charge is 0.358 e. The first-order chi connectivity index (χ1) is 10.5. The van der Waals surface area contributed by atoms with Gasteiger partial charge in [0.2, 0.25) is 0 Å². The van der Waals surface area contributed by atoms with Gasteiger partial charge >= 0.3 is 0 Å². The van der Waals surface area contributed by atoms with Gasteiger partial charge in [-0.1, -0.05) is 18.2 Å². The van der Waals surface area contributed by atoms with Crippen molar-refractivity contribution >= 4 is 38.1 Å². The van der Waals surface area contributed by atoms with Gasteiger partial charge in [-0.25, -0.2) is 8.42 Å². The van der Waals surface area contributed by atoms with Gasteiger partial charge in [0, 0.05) is 24.2 Å². The highest BCUT2D eigenvalue weighted by Gasteiger charge is 2.46. The molecule has 2 aliphatic heterocycles. The molecule has 0 spiro atoms. The highest BCUT2D eigenvalue weighted by atomic mass is 32.2. The topological polar surface area (TPSA) is 65.2 Å². The molecule has 2 fully saturated rings. The van der Waals surface area contributed by atoms with Crippen LogP contribution in [0.5, 0.6) is 0 Å². The fourth-order valence-electron chi connectivity index (χ4n) is 3.44. The van der Waals surface area contributed by atoms with Crippen molar-refractivity contribution in [1.29, 1.82) is 0 Å². The fraction of sp³-hybridized carbons (Fsp3) is 0.400. The Kier molecular flexibility index (Phi) is 3.16. The SMILES string of the molecule is O=S1(=O)C[C@@H]2NC(=S)N(CCc3cc4ccccc4[nH]3)[C@@H]2C1. The Labute approximate surface area is 134 Å². The summed E-state index contributed by atoms with van der Waals surface area (Å²) >= 11 is 5.36. The Bertz CT molecular complexity index is 810. The van der Waals surface area contributed by atoms with Crippen molar-refractivity contribution in [3.05, 3.63) is 36.0 Å². The van der Waals surface area contributed by atoms with Crippen LogP contribution in [0.2, 0.25) is 0 Å². The second kappa shape index (κ2) is 4.96. The molecule has 1 aromatic heterocycles. The van der Waals surface area contributed by atoms with Crippen LogP contribution in [0, 0.1) is 0 Å². The van der Waals surface area contributed by atoms with Gasteiger partial charge < -0.3 is 15.2 Å². The normalized spacial score (nSPS) is 26.4. The summed E-state index contributed by atoms with van der Waals surface area (Å²) in [5.41, 5.74) is 2.27. The predicted octanol–water partition coefficient (Wildman–Crippen LogP) is 1.07. The van der Waals surface area contributed by atoms with Crippen molar-refractivity contribution in [2.24, 2.45) is 0 Å². The number of aromatic amines is 1. The van der Waals surface area contributed by atoms with Crippen LogP contribution < -0.4 is 5.32 Å². The van der Waals surface area contributed by atoms with Crippen LogP contribution in [0.15, 0.2) is 30.3 Å². The summed E-state index contributed by atoms with van der Waals surface area (Å²) in [5, 5.41) is 5.03. The molecular formula is C15H17N3O2S2. The van der Waals surface area contributed by atoms with Crippen LogP contribution in [0.1, 0.15) is 5.69 Å². The van der Waals surface area contributed by atoms with Crippen molar-refractivity contribution in [2.45, 2.75) is 18.5 Å². The van der Waals surface area contributed by atoms with Crippen LogP contribution >= 0.6 is 12.2 Å². The summed E-state index contributed by atoms with van der Waals surface area (Å²) in [4.78, 5) is 5.44. The first-order valence-electron chi connectivity index (χ1n) is 7.36. The molecule has 2 N–H and O–H groups in total. The van der Waals surface area contributed by atoms with Crippen LogP contribution in [0.3, 0.4) is 0 Å². The summed E-state index contributed by atoms with van der Waals surface area (Å²) in [6.45, 7) is 0.731. The fourth-order valence-corrected chi connectivity index (χ4v) is 5.74. The second-order valence-corrected chi connectivity index (χ2v) is 8.57. The van der Waals surface area contributed by atoms with Crippen molar-refractivity contribution in [2.75, 3.05) is 18.1 Å². The summed E-state index contributed by atoms with van der Waals surface area (Å²) in [7, 11) is -2.94. The summed E-state index contributed by atoms with van der Waals surface area (Å²) in [5.74, 6) is 0.401. The van der Waals surface area contributed by atoms with Crippen LogP contribution in [-0.2, 0) is 16.3 Å². The number of aromatic nitrogens is 1. The maximum Gasteiger partial charge on any atom is 0.169 e. The minimum atomic E-state index is -2.94. The molecule has 0 radical (unpaired) electrons. The van der Waals surface area contributed by atoms with E-state index in [9.17, 15) is 8.42 Å². The summed E-state index contributed by atoms with van der Waals surface area (Å²) in [6, 6.07) is 10.3. The molecule has 0 aliphatic carbocycles. The number of hydrogen-bond donors (Lipinski definition) is 2. The Morgan fingerprint density at radius 3 is 2.91 bits per heavy atom. The molecule has 116 valence electrons. The number of para-hydroxylation sites is 1. The second-order valence-electron chi connectivity index (χ2n) is 6.03. The molecule has 0 unspecified atom stereocenters. The molecule has 2 aromatic rings. The average molecular weight is 335 g/mol. The zero-order valence-electron chi connectivity index (χ0n) is 12.0. The quantitative estimate of drug-likeness (QED) is 0.822. The Morgan fingerprint density at radius 2 is 2.09 bits per heavy atom. The van der Waals surface area contributed by atoms with E-state index in [1.165, 1.54) is 5.39 Å². The summed E-state index contributed by atoms with van der Waals surface area (Å²) in [6.07, 6.45) is 0.819. The molecule has 7 heteroatoms. The van der Waals surface area contributed by atoms with Gasteiger partial charge in [-0.3, -0.25) is 0 Å². The molecule has 0 amide bonds. The van der Waals surface area contributed by atoms with Crippen LogP contribution in [0.25, 0.3) is 10.9 Å². The maximum atomic E-state index is 11.8. The van der Waals surface area contributed by atoms with Gasteiger partial charge in [0.15, 0.2) is 14.9 Å². The number of benzene rings is 1. The lowest BCUT2D eigenvalue weighted by Gasteiger charge is -2.22. The molecule has 2 aliphatic rings. The Hall–Kier alpha value is -1.60. The third kappa shape index (κ3) is 2.38. The number of H-pyrrole nitrogens is 1. The zero-order valence-corrected chi connectivity index (χ0v) is 13.6. The van der Waals surface area contributed by atoms with E-state index in [0.717, 1.165) is 24.2 Å². The van der Waals surface area contributed by atoms with Gasteiger partial charge in [-0.15, -0.1) is 0 Å². The van der Waals surface area contributed by atoms with E-state index in [1.807, 2.05) is 17.0 Å². The maximum absolute atomic E-state index is 11.8. The number of rotatable bonds is 3. The monoisotopic (exact) mass is 335 g/mol. The standard InChI is InChI=1S/C15H17N3O2S2/c19-22(20)8-13-14(9-22)18(15(21)17-13)6-5-11-7-10-3-1-2-4-12(10)16-11/h1-4,7,13-14,16H,5-6,8-9H2,(H,17,21)/t13-,14+/m0/s1. The number of sulfone groups is 1. The average Bonchev–Trinajstić information content (AvgIpc) is 3.06. The minimum Gasteiger partial charge on any atom is -0.358 e. The number of nitrogens with one attached hydrogen (secondary N) is 2. The van der Waals surface area contributed by atoms with E-state index in [1.54, 1.807) is 0 Å². The van der Waals surface area contributed by atoms with Gasteiger partial charge in [0.05, 0.1) is 23.6 Å². The number of fused-ring (bicyclic) bond motifs is 2. The number of nitrogens with zero attached hydrogens (tertiary/aromatic N) is 1. The van der Waals surface area contributed by atoms with E-state index in [2.05, 4.69) is 28.5 Å². The van der Waals surface area contributed by atoms with Crippen molar-refractivity contribution in [3.8, 4) is 0 Å².